The molecule has 2 rings (SSSR count). The number of thiophene rings is 1. The molecule has 18 heavy (non-hydrogen) atoms. The topological polar surface area (TPSA) is 57.6 Å². The molecule has 1 aromatic heterocycles. The summed E-state index contributed by atoms with van der Waals surface area (Å²) in [4.78, 5) is 27.1. The van der Waals surface area contributed by atoms with E-state index in [0.717, 1.165) is 17.7 Å². The molecule has 0 radical (unpaired) electrons. The highest BCUT2D eigenvalue weighted by molar-refractivity contribution is 7.13. The van der Waals surface area contributed by atoms with Crippen LogP contribution in [0.25, 0.3) is 0 Å². The molecule has 2 heterocycles. The molecule has 1 amide bonds. The van der Waals surface area contributed by atoms with E-state index in [9.17, 15) is 14.7 Å². The van der Waals surface area contributed by atoms with Gasteiger partial charge in [-0.15, -0.1) is 11.3 Å². The molecule has 0 saturated carbocycles. The van der Waals surface area contributed by atoms with Gasteiger partial charge in [0.05, 0.1) is 4.88 Å². The lowest BCUT2D eigenvalue weighted by Gasteiger charge is -2.41. The van der Waals surface area contributed by atoms with Gasteiger partial charge in [-0.3, -0.25) is 4.79 Å². The number of piperidine rings is 1. The molecule has 0 aromatic carbocycles. The monoisotopic (exact) mass is 267 g/mol. The summed E-state index contributed by atoms with van der Waals surface area (Å²) in [5.41, 5.74) is -1.06. The number of hydrogen-bond donors (Lipinski definition) is 1. The molecule has 1 atom stereocenters. The largest absolute Gasteiger partial charge is 0.480 e. The maximum absolute atomic E-state index is 12.4. The van der Waals surface area contributed by atoms with Gasteiger partial charge in [0.15, 0.2) is 0 Å². The van der Waals surface area contributed by atoms with Crippen LogP contribution >= 0.6 is 11.3 Å². The number of carbonyl (C=O) groups excluding carboxylic acids is 1. The fourth-order valence-electron chi connectivity index (χ4n) is 2.35. The van der Waals surface area contributed by atoms with Crippen molar-refractivity contribution in [3.8, 4) is 0 Å². The van der Waals surface area contributed by atoms with Crippen molar-refractivity contribution in [2.75, 3.05) is 6.54 Å². The van der Waals surface area contributed by atoms with Crippen molar-refractivity contribution in [2.24, 2.45) is 0 Å². The van der Waals surface area contributed by atoms with Gasteiger partial charge in [0.1, 0.15) is 5.54 Å². The van der Waals surface area contributed by atoms with Crippen LogP contribution in [0.1, 0.15) is 40.7 Å². The molecule has 1 unspecified atom stereocenters. The van der Waals surface area contributed by atoms with Gasteiger partial charge >= 0.3 is 5.97 Å². The van der Waals surface area contributed by atoms with Crippen LogP contribution < -0.4 is 0 Å². The minimum absolute atomic E-state index is 0.155. The van der Waals surface area contributed by atoms with Crippen LogP contribution in [0.2, 0.25) is 0 Å². The first-order valence-corrected chi connectivity index (χ1v) is 6.88. The van der Waals surface area contributed by atoms with E-state index < -0.39 is 11.5 Å². The Bertz CT molecular complexity index is 482. The van der Waals surface area contributed by atoms with Gasteiger partial charge < -0.3 is 10.0 Å². The van der Waals surface area contributed by atoms with Gasteiger partial charge in [-0.05, 0) is 45.2 Å². The Labute approximate surface area is 110 Å². The fraction of sp³-hybridized carbons (Fsp3) is 0.538. The molecule has 0 aliphatic carbocycles. The number of carbonyl (C=O) groups is 2. The zero-order valence-electron chi connectivity index (χ0n) is 10.6. The third-order valence-corrected chi connectivity index (χ3v) is 4.54. The summed E-state index contributed by atoms with van der Waals surface area (Å²) >= 11 is 1.42. The number of carboxylic acids is 1. The van der Waals surface area contributed by atoms with Crippen molar-refractivity contribution in [1.29, 1.82) is 0 Å². The maximum atomic E-state index is 12.4. The Morgan fingerprint density at radius 2 is 2.11 bits per heavy atom. The summed E-state index contributed by atoms with van der Waals surface area (Å²) in [6.45, 7) is 4.11. The normalized spacial score (nSPS) is 24.0. The lowest BCUT2D eigenvalue weighted by atomic mass is 9.88. The van der Waals surface area contributed by atoms with Crippen molar-refractivity contribution < 1.29 is 14.7 Å². The lowest BCUT2D eigenvalue weighted by molar-refractivity contribution is -0.150. The molecule has 0 bridgehead atoms. The van der Waals surface area contributed by atoms with Gasteiger partial charge in [0.2, 0.25) is 0 Å². The highest BCUT2D eigenvalue weighted by Gasteiger charge is 2.44. The Morgan fingerprint density at radius 1 is 1.39 bits per heavy atom. The molecule has 98 valence electrons. The zero-order chi connectivity index (χ0) is 13.3. The SMILES string of the molecule is Cc1ccc(C(=O)N2CCCCC2(C)C(=O)O)s1. The standard InChI is InChI=1S/C13H17NO3S/c1-9-5-6-10(18-9)11(15)14-8-4-3-7-13(14,2)12(16)17/h5-6H,3-4,7-8H2,1-2H3,(H,16,17). The lowest BCUT2D eigenvalue weighted by Crippen LogP contribution is -2.57. The maximum Gasteiger partial charge on any atom is 0.329 e. The zero-order valence-corrected chi connectivity index (χ0v) is 11.4. The van der Waals surface area contributed by atoms with Crippen LogP contribution in [0, 0.1) is 6.92 Å². The molecular formula is C13H17NO3S. The van der Waals surface area contributed by atoms with Crippen molar-refractivity contribution in [3.63, 3.8) is 0 Å². The predicted molar refractivity (Wildman–Crippen MR) is 70.0 cm³/mol. The molecular weight excluding hydrogens is 250 g/mol. The minimum Gasteiger partial charge on any atom is -0.480 e. The van der Waals surface area contributed by atoms with Gasteiger partial charge in [-0.1, -0.05) is 0 Å². The number of rotatable bonds is 2. The van der Waals surface area contributed by atoms with E-state index in [2.05, 4.69) is 0 Å². The Morgan fingerprint density at radius 3 is 2.67 bits per heavy atom. The molecule has 1 fully saturated rings. The summed E-state index contributed by atoms with van der Waals surface area (Å²) in [6, 6.07) is 3.67. The summed E-state index contributed by atoms with van der Waals surface area (Å²) in [5, 5.41) is 9.38. The molecule has 5 heteroatoms. The van der Waals surface area contributed by atoms with Crippen LogP contribution in [0.4, 0.5) is 0 Å². The highest BCUT2D eigenvalue weighted by Crippen LogP contribution is 2.31. The third kappa shape index (κ3) is 2.14. The first-order chi connectivity index (χ1) is 8.45. The molecule has 1 aliphatic rings. The number of amides is 1. The van der Waals surface area contributed by atoms with Crippen LogP contribution in [-0.4, -0.2) is 34.0 Å². The first kappa shape index (κ1) is 13.1. The van der Waals surface area contributed by atoms with Crippen molar-refractivity contribution in [2.45, 2.75) is 38.6 Å². The Balaban J connectivity index is 2.30. The quantitative estimate of drug-likeness (QED) is 0.895. The van der Waals surface area contributed by atoms with Crippen LogP contribution in [0.15, 0.2) is 12.1 Å². The predicted octanol–water partition coefficient (Wildman–Crippen LogP) is 2.53. The first-order valence-electron chi connectivity index (χ1n) is 6.07. The Kier molecular flexibility index (Phi) is 3.43. The van der Waals surface area contributed by atoms with E-state index in [4.69, 9.17) is 0 Å². The highest BCUT2D eigenvalue weighted by atomic mass is 32.1. The summed E-state index contributed by atoms with van der Waals surface area (Å²) in [7, 11) is 0. The second-order valence-electron chi connectivity index (χ2n) is 4.90. The number of nitrogens with zero attached hydrogens (tertiary/aromatic N) is 1. The van der Waals surface area contributed by atoms with E-state index in [-0.39, 0.29) is 5.91 Å². The smallest absolute Gasteiger partial charge is 0.329 e. The van der Waals surface area contributed by atoms with Gasteiger partial charge in [-0.25, -0.2) is 4.79 Å². The van der Waals surface area contributed by atoms with Crippen LogP contribution in [0.5, 0.6) is 0 Å². The average Bonchev–Trinajstić information content (AvgIpc) is 2.75. The summed E-state index contributed by atoms with van der Waals surface area (Å²) < 4.78 is 0. The van der Waals surface area contributed by atoms with Crippen molar-refractivity contribution in [3.05, 3.63) is 21.9 Å². The van der Waals surface area contributed by atoms with E-state index in [1.54, 1.807) is 13.0 Å². The summed E-state index contributed by atoms with van der Waals surface area (Å²) in [6.07, 6.45) is 2.26. The number of aryl methyl sites for hydroxylation is 1. The average molecular weight is 267 g/mol. The van der Waals surface area contributed by atoms with E-state index in [0.29, 0.717) is 17.8 Å². The van der Waals surface area contributed by atoms with Crippen LogP contribution in [-0.2, 0) is 4.79 Å². The second kappa shape index (κ2) is 4.72. The number of aliphatic carboxylic acids is 1. The van der Waals surface area contributed by atoms with Crippen molar-refractivity contribution >= 4 is 23.2 Å². The molecule has 0 spiro atoms. The summed E-state index contributed by atoms with van der Waals surface area (Å²) in [5.74, 6) is -1.07. The second-order valence-corrected chi connectivity index (χ2v) is 6.19. The van der Waals surface area contributed by atoms with Crippen molar-refractivity contribution in [1.82, 2.24) is 4.90 Å². The van der Waals surface area contributed by atoms with Crippen LogP contribution in [0.3, 0.4) is 0 Å². The number of likely N-dealkylation sites (tertiary alicyclic amines) is 1. The van der Waals surface area contributed by atoms with Gasteiger partial charge in [-0.2, -0.15) is 0 Å². The number of carboxylic acid groups (broad SMARTS) is 1. The van der Waals surface area contributed by atoms with Gasteiger partial charge in [0.25, 0.3) is 5.91 Å². The third-order valence-electron chi connectivity index (χ3n) is 3.55. The van der Waals surface area contributed by atoms with E-state index in [1.165, 1.54) is 16.2 Å². The molecule has 1 saturated heterocycles. The minimum atomic E-state index is -1.06. The van der Waals surface area contributed by atoms with Gasteiger partial charge in [0, 0.05) is 11.4 Å². The molecule has 1 N–H and O–H groups in total. The van der Waals surface area contributed by atoms with E-state index in [1.807, 2.05) is 13.0 Å². The fourth-order valence-corrected chi connectivity index (χ4v) is 3.17. The number of hydrogen-bond acceptors (Lipinski definition) is 3. The van der Waals surface area contributed by atoms with E-state index >= 15 is 0 Å². The Hall–Kier alpha value is -1.36. The molecule has 4 nitrogen and oxygen atoms in total. The molecule has 1 aromatic rings. The molecule has 1 aliphatic heterocycles.